The minimum Gasteiger partial charge on any atom is -0.420 e. The van der Waals surface area contributed by atoms with Crippen molar-refractivity contribution in [3.63, 3.8) is 0 Å². The number of benzene rings is 2. The lowest BCUT2D eigenvalue weighted by molar-refractivity contribution is -0.137. The molecule has 0 spiro atoms. The number of thiazole rings is 1. The number of carbonyl (C=O) groups is 1. The van der Waals surface area contributed by atoms with Crippen LogP contribution in [0.25, 0.3) is 21.7 Å². The molecule has 1 aliphatic rings. The summed E-state index contributed by atoms with van der Waals surface area (Å²) in [5.41, 5.74) is 0.472. The Labute approximate surface area is 184 Å². The predicted octanol–water partition coefficient (Wildman–Crippen LogP) is 5.38. The van der Waals surface area contributed by atoms with E-state index < -0.39 is 11.7 Å². The lowest BCUT2D eigenvalue weighted by atomic mass is 9.98. The van der Waals surface area contributed by atoms with E-state index in [4.69, 9.17) is 4.42 Å². The van der Waals surface area contributed by atoms with Gasteiger partial charge >= 0.3 is 6.18 Å². The van der Waals surface area contributed by atoms with Crippen LogP contribution >= 0.6 is 11.3 Å². The molecule has 0 bridgehead atoms. The molecule has 0 aliphatic carbocycles. The standard InChI is InChI=1S/C22H17F3N4O2S/c23-22(24,25)15-9-7-13(8-10-15)18-27-28-19(31-18)14-4-3-11-29(12-14)21(30)20-26-16-5-1-2-6-17(16)32-20/h1-2,5-10,14H,3-4,11-12H2. The Morgan fingerprint density at radius 2 is 1.88 bits per heavy atom. The lowest BCUT2D eigenvalue weighted by Crippen LogP contribution is -2.39. The van der Waals surface area contributed by atoms with Crippen molar-refractivity contribution in [2.75, 3.05) is 13.1 Å². The van der Waals surface area contributed by atoms with Gasteiger partial charge in [0.1, 0.15) is 0 Å². The Morgan fingerprint density at radius 3 is 2.62 bits per heavy atom. The van der Waals surface area contributed by atoms with Gasteiger partial charge in [-0.05, 0) is 49.2 Å². The lowest BCUT2D eigenvalue weighted by Gasteiger charge is -2.30. The van der Waals surface area contributed by atoms with E-state index in [0.717, 1.165) is 35.2 Å². The number of hydrogen-bond donors (Lipinski definition) is 0. The molecule has 1 unspecified atom stereocenters. The summed E-state index contributed by atoms with van der Waals surface area (Å²) in [6, 6.07) is 12.2. The van der Waals surface area contributed by atoms with Crippen LogP contribution in [0.5, 0.6) is 0 Å². The minimum atomic E-state index is -4.40. The van der Waals surface area contributed by atoms with E-state index in [-0.39, 0.29) is 17.7 Å². The Balaban J connectivity index is 1.31. The van der Waals surface area contributed by atoms with E-state index in [2.05, 4.69) is 15.2 Å². The zero-order valence-electron chi connectivity index (χ0n) is 16.7. The summed E-state index contributed by atoms with van der Waals surface area (Å²) in [4.78, 5) is 19.2. The maximum absolute atomic E-state index is 13.0. The fourth-order valence-electron chi connectivity index (χ4n) is 3.78. The molecule has 164 valence electrons. The van der Waals surface area contributed by atoms with E-state index >= 15 is 0 Å². The Kier molecular flexibility index (Phi) is 5.16. The van der Waals surface area contributed by atoms with Gasteiger partial charge in [0.05, 0.1) is 21.7 Å². The number of halogens is 3. The number of piperidine rings is 1. The van der Waals surface area contributed by atoms with Crippen LogP contribution in [0.3, 0.4) is 0 Å². The number of likely N-dealkylation sites (tertiary alicyclic amines) is 1. The molecule has 2 aromatic heterocycles. The molecule has 0 N–H and O–H groups in total. The number of amides is 1. The maximum atomic E-state index is 13.0. The van der Waals surface area contributed by atoms with E-state index in [1.807, 2.05) is 24.3 Å². The first-order valence-corrected chi connectivity index (χ1v) is 10.9. The number of alkyl halides is 3. The third-order valence-electron chi connectivity index (χ3n) is 5.43. The Bertz CT molecular complexity index is 1230. The Hall–Kier alpha value is -3.27. The summed E-state index contributed by atoms with van der Waals surface area (Å²) < 4.78 is 45.0. The molecule has 1 atom stereocenters. The minimum absolute atomic E-state index is 0.127. The summed E-state index contributed by atoms with van der Waals surface area (Å²) in [5.74, 6) is 0.265. The predicted molar refractivity (Wildman–Crippen MR) is 112 cm³/mol. The molecule has 3 heterocycles. The van der Waals surface area contributed by atoms with Gasteiger partial charge in [0.25, 0.3) is 5.91 Å². The van der Waals surface area contributed by atoms with E-state index in [1.54, 1.807) is 4.90 Å². The second-order valence-corrected chi connectivity index (χ2v) is 8.63. The number of aromatic nitrogens is 3. The fourth-order valence-corrected chi connectivity index (χ4v) is 4.71. The van der Waals surface area contributed by atoms with Crippen LogP contribution < -0.4 is 0 Å². The molecular formula is C22H17F3N4O2S. The molecule has 1 fully saturated rings. The third kappa shape index (κ3) is 3.97. The topological polar surface area (TPSA) is 72.1 Å². The number of carbonyl (C=O) groups excluding carboxylic acids is 1. The molecule has 4 aromatic rings. The van der Waals surface area contributed by atoms with Crippen molar-refractivity contribution in [2.24, 2.45) is 0 Å². The van der Waals surface area contributed by atoms with Crippen molar-refractivity contribution in [1.29, 1.82) is 0 Å². The molecule has 6 nitrogen and oxygen atoms in total. The van der Waals surface area contributed by atoms with Gasteiger partial charge < -0.3 is 9.32 Å². The molecule has 1 aliphatic heterocycles. The molecule has 2 aromatic carbocycles. The van der Waals surface area contributed by atoms with Gasteiger partial charge in [0.15, 0.2) is 5.01 Å². The van der Waals surface area contributed by atoms with Crippen LogP contribution in [-0.2, 0) is 6.18 Å². The summed E-state index contributed by atoms with van der Waals surface area (Å²) >= 11 is 1.37. The molecule has 10 heteroatoms. The van der Waals surface area contributed by atoms with Crippen molar-refractivity contribution >= 4 is 27.5 Å². The van der Waals surface area contributed by atoms with Crippen molar-refractivity contribution in [2.45, 2.75) is 24.9 Å². The van der Waals surface area contributed by atoms with E-state index in [9.17, 15) is 18.0 Å². The first-order valence-electron chi connectivity index (χ1n) is 10.0. The SMILES string of the molecule is O=C(c1nc2ccccc2s1)N1CCCC(c2nnc(-c3ccc(C(F)(F)F)cc3)o2)C1. The summed E-state index contributed by atoms with van der Waals surface area (Å²) in [5, 5.41) is 8.54. The molecule has 1 saturated heterocycles. The highest BCUT2D eigenvalue weighted by molar-refractivity contribution is 7.20. The van der Waals surface area contributed by atoms with Crippen LogP contribution in [-0.4, -0.2) is 39.1 Å². The van der Waals surface area contributed by atoms with E-state index in [0.29, 0.717) is 29.6 Å². The quantitative estimate of drug-likeness (QED) is 0.412. The number of nitrogens with zero attached hydrogens (tertiary/aromatic N) is 4. The average Bonchev–Trinajstić information content (AvgIpc) is 3.46. The summed E-state index contributed by atoms with van der Waals surface area (Å²) in [6.45, 7) is 1.04. The number of rotatable bonds is 3. The van der Waals surface area contributed by atoms with Gasteiger partial charge in [-0.15, -0.1) is 21.5 Å². The molecule has 0 radical (unpaired) electrons. The molecule has 1 amide bonds. The number of hydrogen-bond acceptors (Lipinski definition) is 6. The van der Waals surface area contributed by atoms with Crippen molar-refractivity contribution < 1.29 is 22.4 Å². The van der Waals surface area contributed by atoms with Gasteiger partial charge in [-0.1, -0.05) is 12.1 Å². The normalized spacial score (nSPS) is 17.1. The van der Waals surface area contributed by atoms with Gasteiger partial charge in [-0.3, -0.25) is 4.79 Å². The average molecular weight is 458 g/mol. The van der Waals surface area contributed by atoms with Gasteiger partial charge in [-0.2, -0.15) is 13.2 Å². The van der Waals surface area contributed by atoms with Gasteiger partial charge in [0, 0.05) is 18.7 Å². The van der Waals surface area contributed by atoms with E-state index in [1.165, 1.54) is 23.5 Å². The van der Waals surface area contributed by atoms with Crippen LogP contribution in [0.1, 0.15) is 40.0 Å². The van der Waals surface area contributed by atoms with Crippen molar-refractivity contribution in [3.05, 3.63) is 65.0 Å². The monoisotopic (exact) mass is 458 g/mol. The first kappa shape index (κ1) is 20.6. The highest BCUT2D eigenvalue weighted by atomic mass is 32.1. The summed E-state index contributed by atoms with van der Waals surface area (Å²) in [7, 11) is 0. The first-order chi connectivity index (χ1) is 15.4. The van der Waals surface area contributed by atoms with Crippen LogP contribution in [0, 0.1) is 0 Å². The fraction of sp³-hybridized carbons (Fsp3) is 0.273. The zero-order chi connectivity index (χ0) is 22.3. The second-order valence-electron chi connectivity index (χ2n) is 7.60. The molecule has 32 heavy (non-hydrogen) atoms. The smallest absolute Gasteiger partial charge is 0.416 e. The highest BCUT2D eigenvalue weighted by Gasteiger charge is 2.32. The second kappa shape index (κ2) is 8.01. The van der Waals surface area contributed by atoms with Gasteiger partial charge in [-0.25, -0.2) is 4.98 Å². The highest BCUT2D eigenvalue weighted by Crippen LogP contribution is 2.33. The Morgan fingerprint density at radius 1 is 1.09 bits per heavy atom. The largest absolute Gasteiger partial charge is 0.420 e. The molecule has 0 saturated carbocycles. The number of fused-ring (bicyclic) bond motifs is 1. The molecular weight excluding hydrogens is 441 g/mol. The van der Waals surface area contributed by atoms with Gasteiger partial charge in [0.2, 0.25) is 11.8 Å². The maximum Gasteiger partial charge on any atom is 0.416 e. The number of para-hydroxylation sites is 1. The van der Waals surface area contributed by atoms with Crippen LogP contribution in [0.15, 0.2) is 52.9 Å². The zero-order valence-corrected chi connectivity index (χ0v) is 17.5. The van der Waals surface area contributed by atoms with Crippen LogP contribution in [0.2, 0.25) is 0 Å². The summed E-state index contributed by atoms with van der Waals surface area (Å²) in [6.07, 6.45) is -2.85. The van der Waals surface area contributed by atoms with Crippen molar-refractivity contribution in [1.82, 2.24) is 20.1 Å². The molecule has 5 rings (SSSR count). The van der Waals surface area contributed by atoms with Crippen molar-refractivity contribution in [3.8, 4) is 11.5 Å². The third-order valence-corrected chi connectivity index (χ3v) is 6.46. The van der Waals surface area contributed by atoms with Crippen LogP contribution in [0.4, 0.5) is 13.2 Å².